The topological polar surface area (TPSA) is 42.0 Å². The zero-order valence-corrected chi connectivity index (χ0v) is 17.5. The highest BCUT2D eigenvalue weighted by atomic mass is 16.5. The van der Waals surface area contributed by atoms with Crippen LogP contribution in [0.5, 0.6) is 11.5 Å². The molecule has 1 saturated heterocycles. The maximum Gasteiger partial charge on any atom is 0.246 e. The Morgan fingerprint density at radius 2 is 1.86 bits per heavy atom. The molecule has 0 aliphatic carbocycles. The van der Waals surface area contributed by atoms with Gasteiger partial charge in [0.05, 0.1) is 7.11 Å². The van der Waals surface area contributed by atoms with Crippen molar-refractivity contribution in [3.8, 4) is 11.5 Å². The second kappa shape index (κ2) is 10.1. The molecule has 0 spiro atoms. The van der Waals surface area contributed by atoms with E-state index in [9.17, 15) is 4.79 Å². The standard InChI is InChI=1S/C24H30N2O3/c1-25-15-13-21(14-16-25)26(2)24(27)12-10-19-9-11-22(23(17-19)28-3)29-18-20-7-5-4-6-8-20/h4-12,17,21H,13-16,18H2,1-3H3. The molecule has 5 nitrogen and oxygen atoms in total. The van der Waals surface area contributed by atoms with Gasteiger partial charge in [0.15, 0.2) is 11.5 Å². The van der Waals surface area contributed by atoms with E-state index in [1.807, 2.05) is 66.6 Å². The fraction of sp³-hybridized carbons (Fsp3) is 0.375. The third kappa shape index (κ3) is 5.84. The summed E-state index contributed by atoms with van der Waals surface area (Å²) in [6.45, 7) is 2.55. The number of carbonyl (C=O) groups is 1. The average Bonchev–Trinajstić information content (AvgIpc) is 2.77. The molecule has 2 aromatic carbocycles. The Morgan fingerprint density at radius 1 is 1.14 bits per heavy atom. The molecular weight excluding hydrogens is 364 g/mol. The van der Waals surface area contributed by atoms with Gasteiger partial charge in [-0.2, -0.15) is 0 Å². The van der Waals surface area contributed by atoms with Crippen molar-refractivity contribution in [3.05, 3.63) is 65.7 Å². The van der Waals surface area contributed by atoms with Gasteiger partial charge in [-0.15, -0.1) is 0 Å². The van der Waals surface area contributed by atoms with Gasteiger partial charge >= 0.3 is 0 Å². The predicted molar refractivity (Wildman–Crippen MR) is 116 cm³/mol. The van der Waals surface area contributed by atoms with Crippen LogP contribution in [-0.4, -0.2) is 56.0 Å². The molecule has 0 radical (unpaired) electrons. The van der Waals surface area contributed by atoms with E-state index in [0.29, 0.717) is 24.1 Å². The van der Waals surface area contributed by atoms with E-state index < -0.39 is 0 Å². The van der Waals surface area contributed by atoms with Crippen molar-refractivity contribution in [1.29, 1.82) is 0 Å². The molecule has 3 rings (SSSR count). The summed E-state index contributed by atoms with van der Waals surface area (Å²) in [5, 5.41) is 0. The van der Waals surface area contributed by atoms with E-state index >= 15 is 0 Å². The number of hydrogen-bond donors (Lipinski definition) is 0. The largest absolute Gasteiger partial charge is 0.493 e. The minimum Gasteiger partial charge on any atom is -0.493 e. The molecule has 1 amide bonds. The van der Waals surface area contributed by atoms with Crippen molar-refractivity contribution in [2.45, 2.75) is 25.5 Å². The fourth-order valence-electron chi connectivity index (χ4n) is 3.49. The summed E-state index contributed by atoms with van der Waals surface area (Å²) in [7, 11) is 5.64. The molecule has 0 atom stereocenters. The van der Waals surface area contributed by atoms with Crippen LogP contribution in [0.2, 0.25) is 0 Å². The van der Waals surface area contributed by atoms with Crippen molar-refractivity contribution in [2.24, 2.45) is 0 Å². The first-order valence-corrected chi connectivity index (χ1v) is 10.0. The quantitative estimate of drug-likeness (QED) is 0.669. The van der Waals surface area contributed by atoms with Gasteiger partial charge in [-0.3, -0.25) is 4.79 Å². The normalized spacial score (nSPS) is 15.4. The Labute approximate surface area is 173 Å². The van der Waals surface area contributed by atoms with Gasteiger partial charge in [-0.25, -0.2) is 0 Å². The van der Waals surface area contributed by atoms with E-state index in [1.54, 1.807) is 13.2 Å². The molecule has 0 saturated carbocycles. The number of likely N-dealkylation sites (tertiary alicyclic amines) is 1. The summed E-state index contributed by atoms with van der Waals surface area (Å²) >= 11 is 0. The smallest absolute Gasteiger partial charge is 0.246 e. The Morgan fingerprint density at radius 3 is 2.55 bits per heavy atom. The van der Waals surface area contributed by atoms with Gasteiger partial charge in [0.25, 0.3) is 0 Å². The van der Waals surface area contributed by atoms with Crippen molar-refractivity contribution >= 4 is 12.0 Å². The number of carbonyl (C=O) groups excluding carboxylic acids is 1. The Bertz CT molecular complexity index is 827. The molecule has 154 valence electrons. The summed E-state index contributed by atoms with van der Waals surface area (Å²) in [5.41, 5.74) is 2.00. The molecular formula is C24H30N2O3. The van der Waals surface area contributed by atoms with Crippen LogP contribution in [0, 0.1) is 0 Å². The van der Waals surface area contributed by atoms with Crippen molar-refractivity contribution in [1.82, 2.24) is 9.80 Å². The summed E-state index contributed by atoms with van der Waals surface area (Å²) in [6, 6.07) is 16.0. The second-order valence-electron chi connectivity index (χ2n) is 7.50. The van der Waals surface area contributed by atoms with Gasteiger partial charge in [-0.05, 0) is 62.3 Å². The number of amides is 1. The number of benzene rings is 2. The third-order valence-corrected chi connectivity index (χ3v) is 5.43. The maximum absolute atomic E-state index is 12.5. The van der Waals surface area contributed by atoms with E-state index in [-0.39, 0.29) is 5.91 Å². The third-order valence-electron chi connectivity index (χ3n) is 5.43. The molecule has 1 heterocycles. The Balaban J connectivity index is 1.60. The lowest BCUT2D eigenvalue weighted by molar-refractivity contribution is -0.127. The van der Waals surface area contributed by atoms with E-state index in [2.05, 4.69) is 11.9 Å². The number of hydrogen-bond acceptors (Lipinski definition) is 4. The number of ether oxygens (including phenoxy) is 2. The van der Waals surface area contributed by atoms with Crippen molar-refractivity contribution < 1.29 is 14.3 Å². The van der Waals surface area contributed by atoms with Crippen LogP contribution in [0.3, 0.4) is 0 Å². The molecule has 0 N–H and O–H groups in total. The van der Waals surface area contributed by atoms with Crippen LogP contribution in [0.25, 0.3) is 6.08 Å². The SMILES string of the molecule is COc1cc(C=CC(=O)N(C)C2CCN(C)CC2)ccc1OCc1ccccc1. The van der Waals surface area contributed by atoms with Crippen LogP contribution in [0.1, 0.15) is 24.0 Å². The zero-order valence-electron chi connectivity index (χ0n) is 17.5. The van der Waals surface area contributed by atoms with Gasteiger partial charge < -0.3 is 19.3 Å². The monoisotopic (exact) mass is 394 g/mol. The molecule has 1 fully saturated rings. The van der Waals surface area contributed by atoms with E-state index in [4.69, 9.17) is 9.47 Å². The second-order valence-corrected chi connectivity index (χ2v) is 7.50. The molecule has 1 aliphatic rings. The number of methoxy groups -OCH3 is 1. The minimum atomic E-state index is 0.0305. The van der Waals surface area contributed by atoms with Gasteiger partial charge in [0, 0.05) is 19.2 Å². The molecule has 0 aromatic heterocycles. The highest BCUT2D eigenvalue weighted by molar-refractivity contribution is 5.91. The highest BCUT2D eigenvalue weighted by Crippen LogP contribution is 2.29. The number of piperidine rings is 1. The number of rotatable bonds is 7. The number of likely N-dealkylation sites (N-methyl/N-ethyl adjacent to an activating group) is 1. The molecule has 1 aliphatic heterocycles. The van der Waals surface area contributed by atoms with Crippen molar-refractivity contribution in [2.75, 3.05) is 34.3 Å². The summed E-state index contributed by atoms with van der Waals surface area (Å²) in [4.78, 5) is 16.7. The number of nitrogens with zero attached hydrogens (tertiary/aromatic N) is 2. The molecule has 0 unspecified atom stereocenters. The first-order valence-electron chi connectivity index (χ1n) is 10.0. The average molecular weight is 395 g/mol. The van der Waals surface area contributed by atoms with E-state index in [1.165, 1.54) is 0 Å². The van der Waals surface area contributed by atoms with Crippen LogP contribution in [-0.2, 0) is 11.4 Å². The van der Waals surface area contributed by atoms with Gasteiger partial charge in [0.2, 0.25) is 5.91 Å². The molecule has 5 heteroatoms. The van der Waals surface area contributed by atoms with Crippen molar-refractivity contribution in [3.63, 3.8) is 0 Å². The van der Waals surface area contributed by atoms with Crippen LogP contribution < -0.4 is 9.47 Å². The first kappa shape index (κ1) is 20.9. The Hall–Kier alpha value is -2.79. The van der Waals surface area contributed by atoms with Crippen LogP contribution in [0.15, 0.2) is 54.6 Å². The molecule has 0 bridgehead atoms. The summed E-state index contributed by atoms with van der Waals surface area (Å²) in [5.74, 6) is 1.37. The lowest BCUT2D eigenvalue weighted by atomic mass is 10.0. The lowest BCUT2D eigenvalue weighted by Crippen LogP contribution is -2.43. The zero-order chi connectivity index (χ0) is 20.6. The predicted octanol–water partition coefficient (Wildman–Crippen LogP) is 3.84. The van der Waals surface area contributed by atoms with Crippen LogP contribution in [0.4, 0.5) is 0 Å². The summed E-state index contributed by atoms with van der Waals surface area (Å²) in [6.07, 6.45) is 5.51. The molecule has 29 heavy (non-hydrogen) atoms. The highest BCUT2D eigenvalue weighted by Gasteiger charge is 2.22. The fourth-order valence-corrected chi connectivity index (χ4v) is 3.49. The van der Waals surface area contributed by atoms with Gasteiger partial charge in [0.1, 0.15) is 6.61 Å². The van der Waals surface area contributed by atoms with Gasteiger partial charge in [-0.1, -0.05) is 36.4 Å². The summed E-state index contributed by atoms with van der Waals surface area (Å²) < 4.78 is 11.4. The Kier molecular flexibility index (Phi) is 7.30. The first-order chi connectivity index (χ1) is 14.1. The minimum absolute atomic E-state index is 0.0305. The maximum atomic E-state index is 12.5. The lowest BCUT2D eigenvalue weighted by Gasteiger charge is -2.34. The van der Waals surface area contributed by atoms with E-state index in [0.717, 1.165) is 37.1 Å². The molecule has 2 aromatic rings. The van der Waals surface area contributed by atoms with Crippen LogP contribution >= 0.6 is 0 Å².